The number of thiophene rings is 1. The van der Waals surface area contributed by atoms with Crippen molar-refractivity contribution in [2.24, 2.45) is 0 Å². The smallest absolute Gasteiger partial charge is 0.257 e. The predicted molar refractivity (Wildman–Crippen MR) is 76.9 cm³/mol. The van der Waals surface area contributed by atoms with Crippen LogP contribution in [-0.2, 0) is 6.42 Å². The third-order valence-corrected chi connectivity index (χ3v) is 4.00. The summed E-state index contributed by atoms with van der Waals surface area (Å²) in [5.74, 6) is 1.07. The molecule has 0 atom stereocenters. The minimum absolute atomic E-state index is 0.494. The lowest BCUT2D eigenvalue weighted by molar-refractivity contribution is 0.519. The van der Waals surface area contributed by atoms with E-state index in [4.69, 9.17) is 27.6 Å². The molecule has 0 N–H and O–H groups in total. The van der Waals surface area contributed by atoms with E-state index in [9.17, 15) is 0 Å². The van der Waals surface area contributed by atoms with Gasteiger partial charge in [0.2, 0.25) is 5.89 Å². The van der Waals surface area contributed by atoms with Crippen molar-refractivity contribution in [2.45, 2.75) is 6.42 Å². The van der Waals surface area contributed by atoms with Crippen LogP contribution >= 0.6 is 34.5 Å². The van der Waals surface area contributed by atoms with Crippen LogP contribution in [0.2, 0.25) is 10.0 Å². The Labute approximate surface area is 123 Å². The molecule has 1 aromatic carbocycles. The molecule has 0 fully saturated rings. The molecule has 0 bridgehead atoms. The summed E-state index contributed by atoms with van der Waals surface area (Å²) in [6.45, 7) is 0. The average Bonchev–Trinajstić information content (AvgIpc) is 3.03. The van der Waals surface area contributed by atoms with E-state index in [-0.39, 0.29) is 0 Å². The van der Waals surface area contributed by atoms with Crippen molar-refractivity contribution >= 4 is 34.5 Å². The summed E-state index contributed by atoms with van der Waals surface area (Å²) in [7, 11) is 0. The normalized spacial score (nSPS) is 10.8. The summed E-state index contributed by atoms with van der Waals surface area (Å²) >= 11 is 13.5. The number of hydrogen-bond donors (Lipinski definition) is 0. The Bertz CT molecular complexity index is 694. The van der Waals surface area contributed by atoms with Gasteiger partial charge in [-0.05, 0) is 29.1 Å². The van der Waals surface area contributed by atoms with Gasteiger partial charge in [0.1, 0.15) is 0 Å². The van der Waals surface area contributed by atoms with Gasteiger partial charge >= 0.3 is 0 Å². The fraction of sp³-hybridized carbons (Fsp3) is 0.0769. The van der Waals surface area contributed by atoms with Crippen molar-refractivity contribution in [1.82, 2.24) is 10.2 Å². The first-order valence-corrected chi connectivity index (χ1v) is 7.16. The van der Waals surface area contributed by atoms with Crippen LogP contribution in [0.25, 0.3) is 10.8 Å². The molecule has 0 saturated heterocycles. The lowest BCUT2D eigenvalue weighted by Crippen LogP contribution is -1.89. The second-order valence-corrected chi connectivity index (χ2v) is 5.68. The van der Waals surface area contributed by atoms with E-state index in [1.54, 1.807) is 23.5 Å². The maximum absolute atomic E-state index is 6.11. The van der Waals surface area contributed by atoms with Gasteiger partial charge < -0.3 is 4.42 Å². The van der Waals surface area contributed by atoms with Crippen molar-refractivity contribution in [3.8, 4) is 10.8 Å². The maximum Gasteiger partial charge on any atom is 0.257 e. The standard InChI is InChI=1S/C13H8Cl2N2OS/c14-9-4-3-8(10(15)7-9)6-12-16-17-13(18-12)11-2-1-5-19-11/h1-5,7H,6H2. The fourth-order valence-corrected chi connectivity index (χ4v) is 2.77. The quantitative estimate of drug-likeness (QED) is 0.704. The van der Waals surface area contributed by atoms with Crippen LogP contribution in [-0.4, -0.2) is 10.2 Å². The van der Waals surface area contributed by atoms with E-state index in [1.807, 2.05) is 23.6 Å². The molecule has 0 radical (unpaired) electrons. The average molecular weight is 311 g/mol. The Kier molecular flexibility index (Phi) is 3.55. The molecule has 3 aromatic rings. The first-order chi connectivity index (χ1) is 9.22. The molecule has 0 saturated carbocycles. The summed E-state index contributed by atoms with van der Waals surface area (Å²) in [5, 5.41) is 11.2. The summed E-state index contributed by atoms with van der Waals surface area (Å²) in [6.07, 6.45) is 0.494. The van der Waals surface area contributed by atoms with Crippen molar-refractivity contribution in [3.05, 3.63) is 57.2 Å². The van der Waals surface area contributed by atoms with Crippen LogP contribution in [0.4, 0.5) is 0 Å². The highest BCUT2D eigenvalue weighted by atomic mass is 35.5. The monoisotopic (exact) mass is 310 g/mol. The van der Waals surface area contributed by atoms with Gasteiger partial charge in [0.25, 0.3) is 5.89 Å². The molecular formula is C13H8Cl2N2OS. The van der Waals surface area contributed by atoms with Gasteiger partial charge in [-0.3, -0.25) is 0 Å². The molecule has 0 unspecified atom stereocenters. The Hall–Kier alpha value is -1.36. The van der Waals surface area contributed by atoms with Crippen LogP contribution in [0, 0.1) is 0 Å². The van der Waals surface area contributed by atoms with Crippen molar-refractivity contribution in [2.75, 3.05) is 0 Å². The summed E-state index contributed by atoms with van der Waals surface area (Å²) in [5.41, 5.74) is 0.910. The first-order valence-electron chi connectivity index (χ1n) is 5.52. The number of nitrogens with zero attached hydrogens (tertiary/aromatic N) is 2. The molecule has 3 nitrogen and oxygen atoms in total. The summed E-state index contributed by atoms with van der Waals surface area (Å²) in [6, 6.07) is 9.24. The predicted octanol–water partition coefficient (Wildman–Crippen LogP) is 4.70. The molecule has 0 aliphatic carbocycles. The molecule has 2 aromatic heterocycles. The zero-order valence-electron chi connectivity index (χ0n) is 9.64. The molecule has 0 aliphatic heterocycles. The number of benzene rings is 1. The molecule has 19 heavy (non-hydrogen) atoms. The Morgan fingerprint density at radius 3 is 2.79 bits per heavy atom. The van der Waals surface area contributed by atoms with Crippen molar-refractivity contribution in [1.29, 1.82) is 0 Å². The summed E-state index contributed by atoms with van der Waals surface area (Å²) in [4.78, 5) is 0.959. The highest BCUT2D eigenvalue weighted by molar-refractivity contribution is 7.13. The van der Waals surface area contributed by atoms with Crippen LogP contribution in [0.5, 0.6) is 0 Å². The highest BCUT2D eigenvalue weighted by Crippen LogP contribution is 2.26. The number of rotatable bonds is 3. The van der Waals surface area contributed by atoms with Crippen molar-refractivity contribution in [3.63, 3.8) is 0 Å². The highest BCUT2D eigenvalue weighted by Gasteiger charge is 2.11. The lowest BCUT2D eigenvalue weighted by atomic mass is 10.1. The Balaban J connectivity index is 1.84. The Morgan fingerprint density at radius 2 is 2.05 bits per heavy atom. The van der Waals surface area contributed by atoms with Crippen LogP contribution < -0.4 is 0 Å². The summed E-state index contributed by atoms with van der Waals surface area (Å²) < 4.78 is 5.61. The van der Waals surface area contributed by atoms with E-state index in [0.717, 1.165) is 10.4 Å². The van der Waals surface area contributed by atoms with Crippen LogP contribution in [0.1, 0.15) is 11.5 Å². The van der Waals surface area contributed by atoms with Gasteiger partial charge in [-0.1, -0.05) is 35.3 Å². The SMILES string of the molecule is Clc1ccc(Cc2nnc(-c3cccs3)o2)c(Cl)c1. The molecule has 0 spiro atoms. The number of hydrogen-bond acceptors (Lipinski definition) is 4. The van der Waals surface area contributed by atoms with Crippen LogP contribution in [0.3, 0.4) is 0 Å². The van der Waals surface area contributed by atoms with Gasteiger partial charge in [-0.25, -0.2) is 0 Å². The van der Waals surface area contributed by atoms with Gasteiger partial charge in [-0.2, -0.15) is 0 Å². The topological polar surface area (TPSA) is 38.9 Å². The lowest BCUT2D eigenvalue weighted by Gasteiger charge is -2.00. The molecular weight excluding hydrogens is 303 g/mol. The molecule has 0 aliphatic rings. The minimum atomic E-state index is 0.494. The fourth-order valence-electron chi connectivity index (χ4n) is 1.65. The molecule has 96 valence electrons. The minimum Gasteiger partial charge on any atom is -0.420 e. The molecule has 6 heteroatoms. The first kappa shape index (κ1) is 12.7. The van der Waals surface area contributed by atoms with E-state index < -0.39 is 0 Å². The second kappa shape index (κ2) is 5.33. The second-order valence-electron chi connectivity index (χ2n) is 3.89. The van der Waals surface area contributed by atoms with E-state index in [2.05, 4.69) is 10.2 Å². The molecule has 3 rings (SSSR count). The van der Waals surface area contributed by atoms with E-state index in [0.29, 0.717) is 28.2 Å². The largest absolute Gasteiger partial charge is 0.420 e. The van der Waals surface area contributed by atoms with Gasteiger partial charge in [-0.15, -0.1) is 21.5 Å². The van der Waals surface area contributed by atoms with Gasteiger partial charge in [0.05, 0.1) is 11.3 Å². The number of aromatic nitrogens is 2. The Morgan fingerprint density at radius 1 is 1.16 bits per heavy atom. The molecule has 2 heterocycles. The van der Waals surface area contributed by atoms with E-state index in [1.165, 1.54) is 0 Å². The van der Waals surface area contributed by atoms with Gasteiger partial charge in [0.15, 0.2) is 0 Å². The van der Waals surface area contributed by atoms with Gasteiger partial charge in [0, 0.05) is 10.0 Å². The van der Waals surface area contributed by atoms with Crippen LogP contribution in [0.15, 0.2) is 40.1 Å². The molecule has 0 amide bonds. The maximum atomic E-state index is 6.11. The third-order valence-electron chi connectivity index (χ3n) is 2.56. The third kappa shape index (κ3) is 2.81. The van der Waals surface area contributed by atoms with Crippen molar-refractivity contribution < 1.29 is 4.42 Å². The zero-order chi connectivity index (χ0) is 13.2. The number of halogens is 2. The zero-order valence-corrected chi connectivity index (χ0v) is 12.0. The van der Waals surface area contributed by atoms with E-state index >= 15 is 0 Å².